The summed E-state index contributed by atoms with van der Waals surface area (Å²) in [7, 11) is -3.43. The predicted octanol–water partition coefficient (Wildman–Crippen LogP) is 3.92. The quantitative estimate of drug-likeness (QED) is 0.542. The Hall–Kier alpha value is -3.28. The van der Waals surface area contributed by atoms with E-state index in [1.165, 1.54) is 24.3 Å². The number of hydrogen-bond acceptors (Lipinski definition) is 8. The van der Waals surface area contributed by atoms with E-state index in [0.717, 1.165) is 25.2 Å². The monoisotopic (exact) mass is 464 g/mol. The van der Waals surface area contributed by atoms with Crippen molar-refractivity contribution in [3.05, 3.63) is 48.2 Å². The largest absolute Gasteiger partial charge is 0.433 e. The normalized spacial score (nSPS) is 14.2. The Morgan fingerprint density at radius 3 is 2.41 bits per heavy atom. The number of alkyl halides is 3. The molecule has 0 saturated heterocycles. The highest BCUT2D eigenvalue weighted by Crippen LogP contribution is 2.30. The summed E-state index contributed by atoms with van der Waals surface area (Å²) >= 11 is 0. The number of nitrogens with zero attached hydrogens (tertiary/aromatic N) is 4. The van der Waals surface area contributed by atoms with Gasteiger partial charge in [0.15, 0.2) is 15.7 Å². The molecule has 2 N–H and O–H groups in total. The number of halogens is 3. The molecule has 1 fully saturated rings. The summed E-state index contributed by atoms with van der Waals surface area (Å²) in [6.07, 6.45) is -1.34. The van der Waals surface area contributed by atoms with Gasteiger partial charge in [-0.1, -0.05) is 12.1 Å². The van der Waals surface area contributed by atoms with Gasteiger partial charge in [-0.15, -0.1) is 0 Å². The predicted molar refractivity (Wildman–Crippen MR) is 112 cm³/mol. The van der Waals surface area contributed by atoms with Crippen molar-refractivity contribution in [3.8, 4) is 11.5 Å². The van der Waals surface area contributed by atoms with Crippen LogP contribution in [0.5, 0.6) is 0 Å². The van der Waals surface area contributed by atoms with Crippen LogP contribution in [0.15, 0.2) is 47.4 Å². The third kappa shape index (κ3) is 5.49. The van der Waals surface area contributed by atoms with Crippen molar-refractivity contribution < 1.29 is 21.6 Å². The van der Waals surface area contributed by atoms with E-state index in [-0.39, 0.29) is 28.3 Å². The van der Waals surface area contributed by atoms with Gasteiger partial charge >= 0.3 is 6.18 Å². The van der Waals surface area contributed by atoms with Gasteiger partial charge in [0.25, 0.3) is 0 Å². The van der Waals surface area contributed by atoms with E-state index in [4.69, 9.17) is 0 Å². The zero-order valence-corrected chi connectivity index (χ0v) is 17.7. The molecule has 32 heavy (non-hydrogen) atoms. The average Bonchev–Trinajstić information content (AvgIpc) is 3.56. The van der Waals surface area contributed by atoms with E-state index in [2.05, 4.69) is 30.6 Å². The van der Waals surface area contributed by atoms with Gasteiger partial charge in [0.05, 0.1) is 4.90 Å². The topological polar surface area (TPSA) is 110 Å². The van der Waals surface area contributed by atoms with Gasteiger partial charge in [0.2, 0.25) is 11.9 Å². The Bertz CT molecular complexity index is 1250. The zero-order valence-electron chi connectivity index (χ0n) is 16.9. The molecule has 4 rings (SSSR count). The molecule has 0 spiro atoms. The maximum absolute atomic E-state index is 13.1. The summed E-state index contributed by atoms with van der Waals surface area (Å²) in [5.74, 6) is 0.678. The molecule has 0 bridgehead atoms. The number of nitrogens with one attached hydrogen (secondary N) is 2. The van der Waals surface area contributed by atoms with Crippen molar-refractivity contribution in [3.63, 3.8) is 0 Å². The Morgan fingerprint density at radius 2 is 1.72 bits per heavy atom. The molecule has 1 aromatic carbocycles. The molecule has 168 valence electrons. The first kappa shape index (κ1) is 21.9. The first-order valence-corrected chi connectivity index (χ1v) is 11.6. The number of rotatable bonds is 7. The first-order valence-electron chi connectivity index (χ1n) is 9.70. The number of anilines is 3. The average molecular weight is 464 g/mol. The van der Waals surface area contributed by atoms with Gasteiger partial charge in [-0.05, 0) is 49.1 Å². The van der Waals surface area contributed by atoms with Crippen LogP contribution >= 0.6 is 0 Å². The molecule has 0 aliphatic heterocycles. The molecule has 2 aromatic heterocycles. The van der Waals surface area contributed by atoms with Gasteiger partial charge in [0, 0.05) is 18.5 Å². The lowest BCUT2D eigenvalue weighted by molar-refractivity contribution is -0.141. The van der Waals surface area contributed by atoms with Crippen molar-refractivity contribution in [1.82, 2.24) is 19.9 Å². The van der Waals surface area contributed by atoms with Crippen molar-refractivity contribution in [2.75, 3.05) is 23.4 Å². The molecular weight excluding hydrogens is 445 g/mol. The summed E-state index contributed by atoms with van der Waals surface area (Å²) in [6.45, 7) is 0.627. The highest BCUT2D eigenvalue weighted by Gasteiger charge is 2.32. The Morgan fingerprint density at radius 1 is 1.00 bits per heavy atom. The zero-order chi connectivity index (χ0) is 22.9. The molecule has 0 atom stereocenters. The fourth-order valence-electron chi connectivity index (χ4n) is 2.83. The molecule has 1 aliphatic rings. The molecule has 2 heterocycles. The highest BCUT2D eigenvalue weighted by molar-refractivity contribution is 7.90. The Kier molecular flexibility index (Phi) is 5.71. The van der Waals surface area contributed by atoms with Crippen molar-refractivity contribution in [1.29, 1.82) is 0 Å². The van der Waals surface area contributed by atoms with Crippen LogP contribution in [0.1, 0.15) is 18.5 Å². The molecule has 1 saturated carbocycles. The van der Waals surface area contributed by atoms with E-state index < -0.39 is 21.7 Å². The maximum Gasteiger partial charge on any atom is 0.433 e. The third-order valence-electron chi connectivity index (χ3n) is 4.67. The molecule has 1 aliphatic carbocycles. The summed E-state index contributed by atoms with van der Waals surface area (Å²) < 4.78 is 62.9. The van der Waals surface area contributed by atoms with Crippen LogP contribution in [0.25, 0.3) is 11.5 Å². The number of aromatic nitrogens is 4. The maximum atomic E-state index is 13.1. The smallest absolute Gasteiger partial charge is 0.354 e. The van der Waals surface area contributed by atoms with Crippen LogP contribution in [-0.4, -0.2) is 41.2 Å². The number of sulfone groups is 1. The number of pyridine rings is 1. The highest BCUT2D eigenvalue weighted by atomic mass is 32.2. The van der Waals surface area contributed by atoms with Crippen LogP contribution in [-0.2, 0) is 16.0 Å². The molecular formula is C20H19F3N6O2S. The van der Waals surface area contributed by atoms with E-state index in [1.807, 2.05) is 0 Å². The van der Waals surface area contributed by atoms with E-state index >= 15 is 0 Å². The van der Waals surface area contributed by atoms with Gasteiger partial charge in [-0.2, -0.15) is 28.1 Å². The van der Waals surface area contributed by atoms with Crippen LogP contribution in [0.4, 0.5) is 30.8 Å². The minimum atomic E-state index is -4.61. The minimum absolute atomic E-state index is 0.0400. The fraction of sp³-hybridized carbons (Fsp3) is 0.300. The van der Waals surface area contributed by atoms with E-state index in [9.17, 15) is 21.6 Å². The lowest BCUT2D eigenvalue weighted by atomic mass is 10.3. The summed E-state index contributed by atoms with van der Waals surface area (Å²) in [5, 5.41) is 5.97. The molecule has 3 aromatic rings. The fourth-order valence-corrected chi connectivity index (χ4v) is 3.50. The second-order valence-electron chi connectivity index (χ2n) is 7.46. The van der Waals surface area contributed by atoms with Gasteiger partial charge in [-0.25, -0.2) is 13.4 Å². The van der Waals surface area contributed by atoms with Crippen molar-refractivity contribution >= 4 is 27.4 Å². The molecule has 0 amide bonds. The summed E-state index contributed by atoms with van der Waals surface area (Å²) in [5.41, 5.74) is -0.724. The minimum Gasteiger partial charge on any atom is -0.354 e. The molecule has 0 unspecified atom stereocenters. The lowest BCUT2D eigenvalue weighted by Crippen LogP contribution is -2.12. The van der Waals surface area contributed by atoms with Crippen LogP contribution in [0.2, 0.25) is 0 Å². The van der Waals surface area contributed by atoms with E-state index in [0.29, 0.717) is 18.2 Å². The van der Waals surface area contributed by atoms with Gasteiger partial charge in [0.1, 0.15) is 11.4 Å². The third-order valence-corrected chi connectivity index (χ3v) is 5.78. The van der Waals surface area contributed by atoms with Crippen LogP contribution in [0.3, 0.4) is 0 Å². The lowest BCUT2D eigenvalue weighted by Gasteiger charge is -2.11. The molecule has 8 nitrogen and oxygen atoms in total. The van der Waals surface area contributed by atoms with Crippen molar-refractivity contribution in [2.24, 2.45) is 5.92 Å². The molecule has 0 radical (unpaired) electrons. The second kappa shape index (κ2) is 8.34. The van der Waals surface area contributed by atoms with Gasteiger partial charge < -0.3 is 10.6 Å². The Labute approximate surface area is 182 Å². The number of hydrogen-bond donors (Lipinski definition) is 2. The van der Waals surface area contributed by atoms with Crippen LogP contribution < -0.4 is 10.6 Å². The first-order chi connectivity index (χ1) is 15.1. The van der Waals surface area contributed by atoms with Crippen molar-refractivity contribution in [2.45, 2.75) is 23.9 Å². The second-order valence-corrected chi connectivity index (χ2v) is 9.48. The Balaban J connectivity index is 1.70. The standard InChI is InChI=1S/C20H19F3N6O2S/c1-32(30,31)14-5-2-4-13(10-14)25-19-28-17(27-18(29-19)24-11-12-8-9-12)15-6-3-7-16(26-15)20(21,22)23/h2-7,10,12H,8-9,11H2,1H3,(H2,24,25,27,28,29). The summed E-state index contributed by atoms with van der Waals surface area (Å²) in [6, 6.07) is 9.53. The number of benzene rings is 1. The molecule has 12 heteroatoms. The van der Waals surface area contributed by atoms with E-state index in [1.54, 1.807) is 12.1 Å². The summed E-state index contributed by atoms with van der Waals surface area (Å²) in [4.78, 5) is 16.4. The SMILES string of the molecule is CS(=O)(=O)c1cccc(Nc2nc(NCC3CC3)nc(-c3cccc(C(F)(F)F)n3)n2)c1. The van der Waals surface area contributed by atoms with Crippen LogP contribution in [0, 0.1) is 5.92 Å². The van der Waals surface area contributed by atoms with Gasteiger partial charge in [-0.3, -0.25) is 0 Å².